The van der Waals surface area contributed by atoms with Crippen molar-refractivity contribution < 1.29 is 9.53 Å². The molecule has 0 atom stereocenters. The van der Waals surface area contributed by atoms with E-state index in [-0.39, 0.29) is 5.91 Å². The number of amides is 1. The van der Waals surface area contributed by atoms with Gasteiger partial charge in [-0.3, -0.25) is 4.79 Å². The number of hydrogen-bond acceptors (Lipinski definition) is 2. The lowest BCUT2D eigenvalue weighted by Gasteiger charge is -2.29. The van der Waals surface area contributed by atoms with Crippen molar-refractivity contribution in [3.05, 3.63) is 95.6 Å². The summed E-state index contributed by atoms with van der Waals surface area (Å²) in [4.78, 5) is 14.8. The monoisotopic (exact) mass is 329 g/mol. The van der Waals surface area contributed by atoms with Gasteiger partial charge in [0.15, 0.2) is 0 Å². The van der Waals surface area contributed by atoms with Crippen LogP contribution >= 0.6 is 0 Å². The Hall–Kier alpha value is -3.07. The molecule has 0 bridgehead atoms. The Morgan fingerprint density at radius 2 is 1.52 bits per heavy atom. The number of nitrogens with zero attached hydrogens (tertiary/aromatic N) is 1. The fourth-order valence-corrected chi connectivity index (χ4v) is 3.17. The Bertz CT molecular complexity index is 889. The summed E-state index contributed by atoms with van der Waals surface area (Å²) >= 11 is 0. The Balaban J connectivity index is 1.52. The highest BCUT2D eigenvalue weighted by atomic mass is 16.5. The smallest absolute Gasteiger partial charge is 0.254 e. The molecule has 0 aliphatic carbocycles. The molecule has 0 unspecified atom stereocenters. The maximum Gasteiger partial charge on any atom is 0.254 e. The lowest BCUT2D eigenvalue weighted by molar-refractivity contribution is 0.0734. The SMILES string of the molecule is O=C(c1cccc(Oc2ccccc2)c1)N1CCc2ccccc2C1. The summed E-state index contributed by atoms with van der Waals surface area (Å²) in [6.07, 6.45) is 0.905. The van der Waals surface area contributed by atoms with Crippen molar-refractivity contribution in [1.82, 2.24) is 4.90 Å². The minimum atomic E-state index is 0.0491. The van der Waals surface area contributed by atoms with Crippen LogP contribution < -0.4 is 4.74 Å². The van der Waals surface area contributed by atoms with Crippen molar-refractivity contribution in [2.75, 3.05) is 6.54 Å². The third kappa shape index (κ3) is 3.41. The number of para-hydroxylation sites is 1. The van der Waals surface area contributed by atoms with Crippen molar-refractivity contribution in [2.24, 2.45) is 0 Å². The zero-order valence-electron chi connectivity index (χ0n) is 13.9. The second kappa shape index (κ2) is 6.81. The van der Waals surface area contributed by atoms with Crippen LogP contribution in [0, 0.1) is 0 Å². The first-order valence-electron chi connectivity index (χ1n) is 8.48. The average molecular weight is 329 g/mol. The zero-order chi connectivity index (χ0) is 17.1. The Morgan fingerprint density at radius 3 is 2.36 bits per heavy atom. The third-order valence-corrected chi connectivity index (χ3v) is 4.48. The second-order valence-electron chi connectivity index (χ2n) is 6.19. The van der Waals surface area contributed by atoms with Crippen LogP contribution in [0.2, 0.25) is 0 Å². The molecule has 1 heterocycles. The summed E-state index contributed by atoms with van der Waals surface area (Å²) in [5.74, 6) is 1.49. The standard InChI is InChI=1S/C22H19NO2/c24-22(23-14-13-17-7-4-5-8-19(17)16-23)18-9-6-12-21(15-18)25-20-10-2-1-3-11-20/h1-12,15H,13-14,16H2. The quantitative estimate of drug-likeness (QED) is 0.698. The largest absolute Gasteiger partial charge is 0.457 e. The molecule has 0 saturated heterocycles. The molecule has 0 aromatic heterocycles. The second-order valence-corrected chi connectivity index (χ2v) is 6.19. The summed E-state index contributed by atoms with van der Waals surface area (Å²) in [5.41, 5.74) is 3.24. The molecule has 124 valence electrons. The van der Waals surface area contributed by atoms with Gasteiger partial charge in [-0.2, -0.15) is 0 Å². The van der Waals surface area contributed by atoms with E-state index < -0.39 is 0 Å². The van der Waals surface area contributed by atoms with Crippen molar-refractivity contribution in [2.45, 2.75) is 13.0 Å². The van der Waals surface area contributed by atoms with Gasteiger partial charge < -0.3 is 9.64 Å². The number of fused-ring (bicyclic) bond motifs is 1. The van der Waals surface area contributed by atoms with Crippen molar-refractivity contribution in [3.63, 3.8) is 0 Å². The third-order valence-electron chi connectivity index (χ3n) is 4.48. The lowest BCUT2D eigenvalue weighted by Crippen LogP contribution is -2.35. The summed E-state index contributed by atoms with van der Waals surface area (Å²) < 4.78 is 5.84. The molecule has 3 aromatic rings. The lowest BCUT2D eigenvalue weighted by atomic mass is 9.99. The first-order chi connectivity index (χ1) is 12.3. The fourth-order valence-electron chi connectivity index (χ4n) is 3.17. The topological polar surface area (TPSA) is 29.5 Å². The molecule has 25 heavy (non-hydrogen) atoms. The molecule has 3 aromatic carbocycles. The van der Waals surface area contributed by atoms with Gasteiger partial charge in [-0.1, -0.05) is 48.5 Å². The molecule has 0 radical (unpaired) electrons. The highest BCUT2D eigenvalue weighted by Crippen LogP contribution is 2.24. The van der Waals surface area contributed by atoms with Crippen molar-refractivity contribution in [1.29, 1.82) is 0 Å². The van der Waals surface area contributed by atoms with Crippen LogP contribution in [0.4, 0.5) is 0 Å². The predicted octanol–water partition coefficient (Wildman–Crippen LogP) is 4.68. The average Bonchev–Trinajstić information content (AvgIpc) is 2.68. The minimum Gasteiger partial charge on any atom is -0.457 e. The van der Waals surface area contributed by atoms with Crippen LogP contribution in [0.1, 0.15) is 21.5 Å². The van der Waals surface area contributed by atoms with E-state index in [4.69, 9.17) is 4.74 Å². The summed E-state index contributed by atoms with van der Waals surface area (Å²) in [7, 11) is 0. The van der Waals surface area contributed by atoms with Gasteiger partial charge in [-0.05, 0) is 47.9 Å². The molecule has 3 heteroatoms. The van der Waals surface area contributed by atoms with Crippen molar-refractivity contribution >= 4 is 5.91 Å². The normalized spacial score (nSPS) is 13.2. The molecule has 3 nitrogen and oxygen atoms in total. The molecule has 0 saturated carbocycles. The molecule has 0 spiro atoms. The molecule has 4 rings (SSSR count). The van der Waals surface area contributed by atoms with Gasteiger partial charge in [-0.15, -0.1) is 0 Å². The van der Waals surface area contributed by atoms with E-state index in [1.54, 1.807) is 0 Å². The number of carbonyl (C=O) groups excluding carboxylic acids is 1. The van der Waals surface area contributed by atoms with Crippen LogP contribution in [-0.2, 0) is 13.0 Å². The van der Waals surface area contributed by atoms with Crippen LogP contribution in [-0.4, -0.2) is 17.4 Å². The summed E-state index contributed by atoms with van der Waals surface area (Å²) in [5, 5.41) is 0. The maximum absolute atomic E-state index is 12.9. The first kappa shape index (κ1) is 15.5. The number of carbonyl (C=O) groups is 1. The Morgan fingerprint density at radius 1 is 0.800 bits per heavy atom. The number of ether oxygens (including phenoxy) is 1. The van der Waals surface area contributed by atoms with E-state index in [2.05, 4.69) is 18.2 Å². The van der Waals surface area contributed by atoms with E-state index in [0.717, 1.165) is 18.7 Å². The Kier molecular flexibility index (Phi) is 4.21. The molecule has 0 fully saturated rings. The van der Waals surface area contributed by atoms with Gasteiger partial charge in [0.25, 0.3) is 5.91 Å². The van der Waals surface area contributed by atoms with Gasteiger partial charge >= 0.3 is 0 Å². The van der Waals surface area contributed by atoms with Crippen LogP contribution in [0.5, 0.6) is 11.5 Å². The highest BCUT2D eigenvalue weighted by molar-refractivity contribution is 5.94. The summed E-state index contributed by atoms with van der Waals surface area (Å²) in [6, 6.07) is 25.3. The maximum atomic E-state index is 12.9. The van der Waals surface area contributed by atoms with Gasteiger partial charge in [0.2, 0.25) is 0 Å². The Labute approximate surface area is 147 Å². The van der Waals surface area contributed by atoms with Crippen LogP contribution in [0.3, 0.4) is 0 Å². The molecular formula is C22H19NO2. The van der Waals surface area contributed by atoms with Gasteiger partial charge in [0, 0.05) is 18.7 Å². The van der Waals surface area contributed by atoms with Gasteiger partial charge in [-0.25, -0.2) is 0 Å². The van der Waals surface area contributed by atoms with E-state index in [9.17, 15) is 4.79 Å². The zero-order valence-corrected chi connectivity index (χ0v) is 13.9. The molecule has 0 N–H and O–H groups in total. The highest BCUT2D eigenvalue weighted by Gasteiger charge is 2.21. The first-order valence-corrected chi connectivity index (χ1v) is 8.48. The molecular weight excluding hydrogens is 310 g/mol. The number of hydrogen-bond donors (Lipinski definition) is 0. The van der Waals surface area contributed by atoms with E-state index in [1.807, 2.05) is 65.6 Å². The van der Waals surface area contributed by atoms with Crippen molar-refractivity contribution in [3.8, 4) is 11.5 Å². The van der Waals surface area contributed by atoms with Crippen LogP contribution in [0.15, 0.2) is 78.9 Å². The van der Waals surface area contributed by atoms with Gasteiger partial charge in [0.05, 0.1) is 0 Å². The van der Waals surface area contributed by atoms with E-state index in [1.165, 1.54) is 11.1 Å². The fraction of sp³-hybridized carbons (Fsp3) is 0.136. The minimum absolute atomic E-state index is 0.0491. The van der Waals surface area contributed by atoms with E-state index in [0.29, 0.717) is 17.9 Å². The van der Waals surface area contributed by atoms with Gasteiger partial charge in [0.1, 0.15) is 11.5 Å². The van der Waals surface area contributed by atoms with E-state index >= 15 is 0 Å². The predicted molar refractivity (Wildman–Crippen MR) is 97.8 cm³/mol. The number of benzene rings is 3. The summed E-state index contributed by atoms with van der Waals surface area (Å²) in [6.45, 7) is 1.42. The number of rotatable bonds is 3. The molecule has 1 aliphatic heterocycles. The molecule has 1 amide bonds. The molecule has 1 aliphatic rings. The van der Waals surface area contributed by atoms with Crippen LogP contribution in [0.25, 0.3) is 0 Å².